The number of nitrogens with zero attached hydrogens (tertiary/aromatic N) is 4. The maximum absolute atomic E-state index is 13.2. The van der Waals surface area contributed by atoms with Crippen molar-refractivity contribution in [3.63, 3.8) is 0 Å². The van der Waals surface area contributed by atoms with E-state index in [1.807, 2.05) is 0 Å². The number of benzene rings is 3. The average Bonchev–Trinajstić information content (AvgIpc) is 3.07. The Morgan fingerprint density at radius 2 is 1.22 bits per heavy atom. The minimum absolute atomic E-state index is 0.0607. The van der Waals surface area contributed by atoms with Gasteiger partial charge in [0.1, 0.15) is 17.1 Å². The van der Waals surface area contributed by atoms with Gasteiger partial charge in [-0.05, 0) is 68.5 Å². The van der Waals surface area contributed by atoms with Crippen LogP contribution < -0.4 is 20.3 Å². The molecule has 1 saturated heterocycles. The van der Waals surface area contributed by atoms with E-state index in [0.29, 0.717) is 31.2 Å². The molecule has 1 fully saturated rings. The van der Waals surface area contributed by atoms with Gasteiger partial charge in [0.25, 0.3) is 23.6 Å². The lowest BCUT2D eigenvalue weighted by atomic mass is 10.1. The highest BCUT2D eigenvalue weighted by molar-refractivity contribution is 7.80. The van der Waals surface area contributed by atoms with E-state index in [-0.39, 0.29) is 40.8 Å². The van der Waals surface area contributed by atoms with Crippen molar-refractivity contribution in [2.24, 2.45) is 10.2 Å². The van der Waals surface area contributed by atoms with Gasteiger partial charge in [0.05, 0.1) is 22.5 Å². The molecule has 0 aromatic heterocycles. The molecule has 0 radical (unpaired) electrons. The molecular formula is C33H28Cl4N6O6S. The molecule has 0 saturated carbocycles. The number of carbonyl (C=O) groups is 4. The molecule has 0 atom stereocenters. The monoisotopic (exact) mass is 776 g/mol. The van der Waals surface area contributed by atoms with Crippen LogP contribution in [0.4, 0.5) is 0 Å². The first-order valence-corrected chi connectivity index (χ1v) is 16.7. The Hall–Kier alpha value is -4.53. The fraction of sp³-hybridized carbons (Fsp3) is 0.182. The summed E-state index contributed by atoms with van der Waals surface area (Å²) >= 11 is 29.4. The molecule has 0 bridgehead atoms. The zero-order valence-corrected chi connectivity index (χ0v) is 30.3. The van der Waals surface area contributed by atoms with Gasteiger partial charge in [-0.2, -0.15) is 10.2 Å². The Morgan fingerprint density at radius 1 is 0.740 bits per heavy atom. The van der Waals surface area contributed by atoms with Crippen molar-refractivity contribution in [3.8, 4) is 11.5 Å². The van der Waals surface area contributed by atoms with Crippen LogP contribution in [0.25, 0.3) is 6.08 Å². The first-order valence-electron chi connectivity index (χ1n) is 14.7. The molecule has 1 heterocycles. The molecule has 17 heteroatoms. The lowest BCUT2D eigenvalue weighted by molar-refractivity contribution is -0.133. The van der Waals surface area contributed by atoms with Crippen molar-refractivity contribution in [1.29, 1.82) is 0 Å². The third kappa shape index (κ3) is 10.0. The number of thiocarbonyl (C=S) groups is 1. The number of amides is 4. The Morgan fingerprint density at radius 3 is 1.70 bits per heavy atom. The number of hydrazone groups is 2. The van der Waals surface area contributed by atoms with Crippen molar-refractivity contribution < 1.29 is 28.7 Å². The Kier molecular flexibility index (Phi) is 13.7. The van der Waals surface area contributed by atoms with E-state index in [4.69, 9.17) is 68.1 Å². The number of ether oxygens (including phenoxy) is 2. The van der Waals surface area contributed by atoms with Gasteiger partial charge in [0.15, 0.2) is 18.3 Å². The summed E-state index contributed by atoms with van der Waals surface area (Å²) in [7, 11) is 0. The second kappa shape index (κ2) is 17.9. The normalized spacial score (nSPS) is 13.3. The van der Waals surface area contributed by atoms with Crippen LogP contribution in [0, 0.1) is 0 Å². The molecule has 3 aromatic carbocycles. The summed E-state index contributed by atoms with van der Waals surface area (Å²) in [6, 6.07) is 14.0. The van der Waals surface area contributed by atoms with Gasteiger partial charge >= 0.3 is 0 Å². The minimum atomic E-state index is -0.640. The first kappa shape index (κ1) is 38.3. The standard InChI is InChI=1S/C33H28Cl4N6O6S/c1-3-42-31(46)25(32(47)43(4-2)33(42)50)11-19-7-10-24(48-17-29(44)40-38-15-20-5-8-22(34)12-26(20)36)14-28(19)49-18-30(45)41-39-16-21-6-9-23(35)13-27(21)37/h5-16H,3-4,17-18H2,1-2H3,(H,40,44)(H,41,45)/b38-15+,39-16+. The van der Waals surface area contributed by atoms with Crippen LogP contribution >= 0.6 is 58.6 Å². The number of hydrogen-bond donors (Lipinski definition) is 2. The highest BCUT2D eigenvalue weighted by atomic mass is 35.5. The van der Waals surface area contributed by atoms with E-state index in [1.54, 1.807) is 38.1 Å². The van der Waals surface area contributed by atoms with Gasteiger partial charge in [-0.3, -0.25) is 29.0 Å². The van der Waals surface area contributed by atoms with Crippen LogP contribution in [-0.2, 0) is 19.2 Å². The summed E-state index contributed by atoms with van der Waals surface area (Å²) in [4.78, 5) is 54.1. The number of rotatable bonds is 13. The molecule has 4 amide bonds. The predicted octanol–water partition coefficient (Wildman–Crippen LogP) is 5.74. The van der Waals surface area contributed by atoms with Crippen LogP contribution in [-0.4, -0.2) is 77.3 Å². The van der Waals surface area contributed by atoms with Crippen molar-refractivity contribution in [1.82, 2.24) is 20.7 Å². The fourth-order valence-electron chi connectivity index (χ4n) is 4.30. The van der Waals surface area contributed by atoms with Crippen molar-refractivity contribution in [2.45, 2.75) is 13.8 Å². The third-order valence-corrected chi connectivity index (χ3v) is 8.34. The number of halogens is 4. The van der Waals surface area contributed by atoms with Crippen molar-refractivity contribution in [3.05, 3.63) is 97.0 Å². The van der Waals surface area contributed by atoms with Crippen LogP contribution in [0.2, 0.25) is 20.1 Å². The average molecular weight is 779 g/mol. The summed E-state index contributed by atoms with van der Waals surface area (Å²) in [5, 5.41) is 9.46. The third-order valence-electron chi connectivity index (χ3n) is 6.77. The van der Waals surface area contributed by atoms with Gasteiger partial charge in [-0.25, -0.2) is 10.9 Å². The summed E-state index contributed by atoms with van der Waals surface area (Å²) in [6.45, 7) is 3.00. The first-order chi connectivity index (χ1) is 23.9. The molecule has 0 spiro atoms. The molecule has 1 aliphatic heterocycles. The maximum Gasteiger partial charge on any atom is 0.277 e. The second-order valence-electron chi connectivity index (χ2n) is 10.1. The molecule has 3 aromatic rings. The largest absolute Gasteiger partial charge is 0.484 e. The van der Waals surface area contributed by atoms with Gasteiger partial charge in [-0.1, -0.05) is 58.5 Å². The van der Waals surface area contributed by atoms with Gasteiger partial charge in [0.2, 0.25) is 0 Å². The lowest BCUT2D eigenvalue weighted by Gasteiger charge is -2.35. The highest BCUT2D eigenvalue weighted by Crippen LogP contribution is 2.29. The van der Waals surface area contributed by atoms with Crippen LogP contribution in [0.15, 0.2) is 70.4 Å². The Balaban J connectivity index is 1.51. The van der Waals surface area contributed by atoms with E-state index in [9.17, 15) is 19.2 Å². The van der Waals surface area contributed by atoms with E-state index in [1.165, 1.54) is 58.6 Å². The summed E-state index contributed by atoms with van der Waals surface area (Å²) in [5.41, 5.74) is 5.83. The molecule has 50 heavy (non-hydrogen) atoms. The Bertz CT molecular complexity index is 1890. The molecule has 2 N–H and O–H groups in total. The predicted molar refractivity (Wildman–Crippen MR) is 197 cm³/mol. The number of hydrogen-bond acceptors (Lipinski definition) is 9. The Labute approximate surface area is 312 Å². The topological polar surface area (TPSA) is 142 Å². The maximum atomic E-state index is 13.2. The summed E-state index contributed by atoms with van der Waals surface area (Å²) in [6.07, 6.45) is 4.03. The zero-order chi connectivity index (χ0) is 36.4. The number of nitrogens with one attached hydrogen (secondary N) is 2. The van der Waals surface area contributed by atoms with E-state index in [0.717, 1.165) is 0 Å². The number of likely N-dealkylation sites (N-methyl/N-ethyl adjacent to an activating group) is 2. The molecule has 12 nitrogen and oxygen atoms in total. The van der Waals surface area contributed by atoms with Crippen molar-refractivity contribution in [2.75, 3.05) is 26.3 Å². The molecule has 260 valence electrons. The smallest absolute Gasteiger partial charge is 0.277 e. The van der Waals surface area contributed by atoms with Crippen LogP contribution in [0.3, 0.4) is 0 Å². The highest BCUT2D eigenvalue weighted by Gasteiger charge is 2.38. The van der Waals surface area contributed by atoms with E-state index in [2.05, 4.69) is 21.1 Å². The van der Waals surface area contributed by atoms with E-state index < -0.39 is 36.8 Å². The van der Waals surface area contributed by atoms with Crippen LogP contribution in [0.1, 0.15) is 30.5 Å². The molecular weight excluding hydrogens is 750 g/mol. The summed E-state index contributed by atoms with van der Waals surface area (Å²) < 4.78 is 11.4. The molecule has 0 unspecified atom stereocenters. The number of carbonyl (C=O) groups excluding carboxylic acids is 4. The van der Waals surface area contributed by atoms with Gasteiger partial charge < -0.3 is 9.47 Å². The second-order valence-corrected chi connectivity index (χ2v) is 12.2. The SMILES string of the molecule is CCN1C(=O)C(=Cc2ccc(OCC(=O)N/N=C/c3ccc(Cl)cc3Cl)cc2OCC(=O)N/N=C/c2ccc(Cl)cc2Cl)C(=O)N(CC)C1=S. The molecule has 4 rings (SSSR count). The zero-order valence-electron chi connectivity index (χ0n) is 26.4. The van der Waals surface area contributed by atoms with Crippen LogP contribution in [0.5, 0.6) is 11.5 Å². The minimum Gasteiger partial charge on any atom is -0.484 e. The van der Waals surface area contributed by atoms with Gasteiger partial charge in [-0.15, -0.1) is 0 Å². The quantitative estimate of drug-likeness (QED) is 0.0742. The summed E-state index contributed by atoms with van der Waals surface area (Å²) in [5.74, 6) is -2.16. The van der Waals surface area contributed by atoms with E-state index >= 15 is 0 Å². The lowest BCUT2D eigenvalue weighted by Crippen LogP contribution is -2.55. The molecule has 0 aliphatic carbocycles. The van der Waals surface area contributed by atoms with Gasteiger partial charge in [0, 0.05) is 45.9 Å². The fourth-order valence-corrected chi connectivity index (χ4v) is 5.64. The van der Waals surface area contributed by atoms with Crippen molar-refractivity contribution >= 4 is 106 Å². The molecule has 1 aliphatic rings.